The number of halogens is 1. The fourth-order valence-electron chi connectivity index (χ4n) is 3.06. The molecule has 1 aromatic carbocycles. The second kappa shape index (κ2) is 10.4. The Labute approximate surface area is 196 Å². The number of carbonyl (C=O) groups is 2. The van der Waals surface area contributed by atoms with Crippen LogP contribution < -0.4 is 16.0 Å². The maximum Gasteiger partial charge on any atom is 0.280 e. The van der Waals surface area contributed by atoms with Gasteiger partial charge in [-0.25, -0.2) is 4.98 Å². The minimum Gasteiger partial charge on any atom is -0.360 e. The third-order valence-corrected chi connectivity index (χ3v) is 6.31. The van der Waals surface area contributed by atoms with Gasteiger partial charge in [-0.1, -0.05) is 11.6 Å². The van der Waals surface area contributed by atoms with Crippen molar-refractivity contribution in [3.63, 3.8) is 0 Å². The number of anilines is 1. The van der Waals surface area contributed by atoms with E-state index < -0.39 is 6.04 Å². The van der Waals surface area contributed by atoms with Crippen molar-refractivity contribution in [1.82, 2.24) is 25.4 Å². The molecule has 3 N–H and O–H groups in total. The van der Waals surface area contributed by atoms with E-state index in [9.17, 15) is 9.59 Å². The molecule has 0 bridgehead atoms. The van der Waals surface area contributed by atoms with E-state index in [2.05, 4.69) is 25.8 Å². The fourth-order valence-corrected chi connectivity index (χ4v) is 4.47. The number of fused-ring (bicyclic) bond motifs is 1. The highest BCUT2D eigenvalue weighted by Crippen LogP contribution is 2.24. The number of carbonyl (C=O) groups excluding carboxylic acids is 2. The predicted octanol–water partition coefficient (Wildman–Crippen LogP) is 1.96. The zero-order chi connectivity index (χ0) is 22.5. The van der Waals surface area contributed by atoms with Gasteiger partial charge in [0.15, 0.2) is 10.1 Å². The molecule has 166 valence electrons. The number of aromatic nitrogens is 1. The van der Waals surface area contributed by atoms with Crippen LogP contribution in [0.2, 0.25) is 5.02 Å². The van der Waals surface area contributed by atoms with E-state index in [0.29, 0.717) is 15.1 Å². The fraction of sp³-hybridized carbons (Fsp3) is 0.400. The van der Waals surface area contributed by atoms with E-state index >= 15 is 0 Å². The Balaban J connectivity index is 1.62. The summed E-state index contributed by atoms with van der Waals surface area (Å²) in [5.41, 5.74) is 1.73. The molecule has 0 fully saturated rings. The molecule has 1 aromatic heterocycles. The summed E-state index contributed by atoms with van der Waals surface area (Å²) in [6, 6.07) is 6.29. The minimum absolute atomic E-state index is 0.135. The summed E-state index contributed by atoms with van der Waals surface area (Å²) in [5, 5.41) is 10.1. The smallest absolute Gasteiger partial charge is 0.280 e. The van der Waals surface area contributed by atoms with Crippen molar-refractivity contribution in [1.29, 1.82) is 0 Å². The molecule has 8 nitrogen and oxygen atoms in total. The maximum atomic E-state index is 12.8. The van der Waals surface area contributed by atoms with Gasteiger partial charge in [0, 0.05) is 55.7 Å². The van der Waals surface area contributed by atoms with E-state index in [1.807, 2.05) is 7.05 Å². The van der Waals surface area contributed by atoms with E-state index in [-0.39, 0.29) is 18.4 Å². The summed E-state index contributed by atoms with van der Waals surface area (Å²) in [5.74, 6) is -0.600. The van der Waals surface area contributed by atoms with Crippen LogP contribution in [0.15, 0.2) is 24.3 Å². The number of thiocarbonyl (C=S) groups is 1. The minimum atomic E-state index is -0.795. The topological polar surface area (TPSA) is 89.6 Å². The Kier molecular flexibility index (Phi) is 7.82. The zero-order valence-electron chi connectivity index (χ0n) is 17.6. The number of likely N-dealkylation sites (N-methyl/N-ethyl adjacent to an activating group) is 2. The standard InChI is InChI=1S/C20H25ClN6O2S2/c1-26(2)19(29)15(10-22-20(30)23-13-6-4-12(21)5-7-13)24-17(28)18-25-14-8-9-27(3)11-16(14)31-18/h4-7,15H,8-11H2,1-3H3,(H,24,28)(H2,22,23,30). The van der Waals surface area contributed by atoms with E-state index in [4.69, 9.17) is 23.8 Å². The van der Waals surface area contributed by atoms with Crippen LogP contribution in [-0.4, -0.2) is 72.0 Å². The van der Waals surface area contributed by atoms with Crippen molar-refractivity contribution in [3.05, 3.63) is 44.9 Å². The summed E-state index contributed by atoms with van der Waals surface area (Å²) in [6.45, 7) is 1.84. The van der Waals surface area contributed by atoms with Crippen molar-refractivity contribution in [2.45, 2.75) is 19.0 Å². The summed E-state index contributed by atoms with van der Waals surface area (Å²) in [6.07, 6.45) is 0.821. The van der Waals surface area contributed by atoms with Crippen molar-refractivity contribution < 1.29 is 9.59 Å². The molecule has 2 heterocycles. The van der Waals surface area contributed by atoms with Crippen molar-refractivity contribution in [3.8, 4) is 0 Å². The van der Waals surface area contributed by atoms with Crippen molar-refractivity contribution in [2.24, 2.45) is 0 Å². The number of thiazole rings is 1. The van der Waals surface area contributed by atoms with Crippen molar-refractivity contribution in [2.75, 3.05) is 39.5 Å². The Hall–Kier alpha value is -2.27. The van der Waals surface area contributed by atoms with Gasteiger partial charge >= 0.3 is 0 Å². The molecule has 0 spiro atoms. The molecule has 0 radical (unpaired) electrons. The monoisotopic (exact) mass is 480 g/mol. The van der Waals surface area contributed by atoms with Gasteiger partial charge in [0.1, 0.15) is 6.04 Å². The average Bonchev–Trinajstić information content (AvgIpc) is 3.15. The third-order valence-electron chi connectivity index (χ3n) is 4.73. The van der Waals surface area contributed by atoms with Crippen molar-refractivity contribution >= 4 is 57.8 Å². The number of nitrogens with one attached hydrogen (secondary N) is 3. The van der Waals surface area contributed by atoms with Crippen LogP contribution in [0.3, 0.4) is 0 Å². The number of rotatable bonds is 6. The first-order valence-electron chi connectivity index (χ1n) is 9.72. The molecule has 0 aliphatic carbocycles. The number of hydrogen-bond acceptors (Lipinski definition) is 6. The average molecular weight is 481 g/mol. The lowest BCUT2D eigenvalue weighted by molar-refractivity contribution is -0.130. The molecule has 0 saturated heterocycles. The van der Waals surface area contributed by atoms with Gasteiger partial charge < -0.3 is 25.8 Å². The highest BCUT2D eigenvalue weighted by molar-refractivity contribution is 7.80. The van der Waals surface area contributed by atoms with Gasteiger partial charge in [-0.3, -0.25) is 9.59 Å². The highest BCUT2D eigenvalue weighted by Gasteiger charge is 2.26. The number of amides is 2. The van der Waals surface area contributed by atoms with Gasteiger partial charge in [-0.2, -0.15) is 0 Å². The second-order valence-electron chi connectivity index (χ2n) is 7.48. The lowest BCUT2D eigenvalue weighted by atomic mass is 10.2. The summed E-state index contributed by atoms with van der Waals surface area (Å²) >= 11 is 12.6. The molecule has 11 heteroatoms. The van der Waals surface area contributed by atoms with Crippen LogP contribution >= 0.6 is 35.2 Å². The van der Waals surface area contributed by atoms with Crippen LogP contribution in [0, 0.1) is 0 Å². The lowest BCUT2D eigenvalue weighted by Gasteiger charge is -2.22. The Morgan fingerprint density at radius 1 is 1.32 bits per heavy atom. The number of hydrogen-bond donors (Lipinski definition) is 3. The number of benzene rings is 1. The normalized spacial score (nSPS) is 14.3. The van der Waals surface area contributed by atoms with Gasteiger partial charge in [0.2, 0.25) is 5.91 Å². The Bertz CT molecular complexity index is 963. The summed E-state index contributed by atoms with van der Waals surface area (Å²) < 4.78 is 0. The molecule has 1 aliphatic heterocycles. The van der Waals surface area contributed by atoms with Gasteiger partial charge in [-0.15, -0.1) is 11.3 Å². The maximum absolute atomic E-state index is 12.8. The Morgan fingerprint density at radius 3 is 2.71 bits per heavy atom. The molecular weight excluding hydrogens is 456 g/mol. The largest absolute Gasteiger partial charge is 0.360 e. The van der Waals surface area contributed by atoms with E-state index in [1.54, 1.807) is 38.4 Å². The van der Waals surface area contributed by atoms with Crippen LogP contribution in [0.5, 0.6) is 0 Å². The quantitative estimate of drug-likeness (QED) is 0.544. The first-order chi connectivity index (χ1) is 14.7. The Morgan fingerprint density at radius 2 is 2.03 bits per heavy atom. The number of nitrogens with zero attached hydrogens (tertiary/aromatic N) is 3. The van der Waals surface area contributed by atoms with Crippen LogP contribution in [-0.2, 0) is 17.8 Å². The zero-order valence-corrected chi connectivity index (χ0v) is 20.0. The van der Waals surface area contributed by atoms with Crippen LogP contribution in [0.1, 0.15) is 20.4 Å². The lowest BCUT2D eigenvalue weighted by Crippen LogP contribution is -2.52. The van der Waals surface area contributed by atoms with Gasteiger partial charge in [0.05, 0.1) is 5.69 Å². The molecule has 0 saturated carbocycles. The van der Waals surface area contributed by atoms with Crippen LogP contribution in [0.4, 0.5) is 5.69 Å². The van der Waals surface area contributed by atoms with Crippen LogP contribution in [0.25, 0.3) is 0 Å². The van der Waals surface area contributed by atoms with E-state index in [0.717, 1.165) is 35.8 Å². The first kappa shape index (κ1) is 23.4. The summed E-state index contributed by atoms with van der Waals surface area (Å²) in [4.78, 5) is 34.6. The molecule has 2 aromatic rings. The molecule has 1 unspecified atom stereocenters. The predicted molar refractivity (Wildman–Crippen MR) is 128 cm³/mol. The highest BCUT2D eigenvalue weighted by atomic mass is 35.5. The van der Waals surface area contributed by atoms with E-state index in [1.165, 1.54) is 16.2 Å². The SMILES string of the molecule is CN1CCc2nc(C(=O)NC(CNC(=S)Nc3ccc(Cl)cc3)C(=O)N(C)C)sc2C1. The molecular formula is C20H25ClN6O2S2. The van der Waals surface area contributed by atoms with Gasteiger partial charge in [-0.05, 0) is 43.5 Å². The van der Waals surface area contributed by atoms with Gasteiger partial charge in [0.25, 0.3) is 5.91 Å². The molecule has 1 atom stereocenters. The molecule has 31 heavy (non-hydrogen) atoms. The molecule has 1 aliphatic rings. The summed E-state index contributed by atoms with van der Waals surface area (Å²) in [7, 11) is 5.33. The second-order valence-corrected chi connectivity index (χ2v) is 9.41. The molecule has 3 rings (SSSR count). The third kappa shape index (κ3) is 6.36. The molecule has 2 amide bonds. The first-order valence-corrected chi connectivity index (χ1v) is 11.3.